The molecule has 0 aliphatic carbocycles. The minimum absolute atomic E-state index is 0.172. The maximum Gasteiger partial charge on any atom is 0.233 e. The van der Waals surface area contributed by atoms with Crippen LogP contribution in [0.5, 0.6) is 11.5 Å². The molecule has 2 aromatic rings. The Morgan fingerprint density at radius 3 is 2.54 bits per heavy atom. The molecule has 0 saturated carbocycles. The Kier molecular flexibility index (Phi) is 4.37. The number of carbonyl (C=O) groups is 2. The maximum absolute atomic E-state index is 12.0. The number of nitrogens with one attached hydrogen (secondary N) is 2. The van der Waals surface area contributed by atoms with Gasteiger partial charge in [-0.3, -0.25) is 9.59 Å². The normalized spacial score (nSPS) is 11.9. The second-order valence-corrected chi connectivity index (χ2v) is 5.66. The zero-order valence-corrected chi connectivity index (χ0v) is 13.5. The molecular formula is C18H18N2O4. The van der Waals surface area contributed by atoms with E-state index in [1.807, 2.05) is 32.0 Å². The lowest BCUT2D eigenvalue weighted by atomic mass is 10.1. The Hall–Kier alpha value is -3.02. The third-order valence-electron chi connectivity index (χ3n) is 3.64. The summed E-state index contributed by atoms with van der Waals surface area (Å²) in [5, 5.41) is 5.44. The molecule has 2 aromatic carbocycles. The number of fused-ring (bicyclic) bond motifs is 1. The number of ether oxygens (including phenoxy) is 2. The van der Waals surface area contributed by atoms with E-state index in [9.17, 15) is 9.59 Å². The summed E-state index contributed by atoms with van der Waals surface area (Å²) in [7, 11) is 0. The Morgan fingerprint density at radius 1 is 0.958 bits per heavy atom. The molecule has 0 fully saturated rings. The summed E-state index contributed by atoms with van der Waals surface area (Å²) in [4.78, 5) is 24.1. The van der Waals surface area contributed by atoms with Crippen LogP contribution >= 0.6 is 0 Å². The molecule has 0 saturated heterocycles. The Balaban J connectivity index is 1.58. The van der Waals surface area contributed by atoms with Crippen LogP contribution < -0.4 is 20.1 Å². The van der Waals surface area contributed by atoms with Crippen molar-refractivity contribution in [3.05, 3.63) is 47.5 Å². The first-order valence-electron chi connectivity index (χ1n) is 7.58. The fraction of sp³-hybridized carbons (Fsp3) is 0.222. The first kappa shape index (κ1) is 15.9. The molecule has 0 radical (unpaired) electrons. The molecular weight excluding hydrogens is 308 g/mol. The third kappa shape index (κ3) is 3.65. The fourth-order valence-electron chi connectivity index (χ4n) is 2.39. The van der Waals surface area contributed by atoms with Gasteiger partial charge in [0.25, 0.3) is 0 Å². The highest BCUT2D eigenvalue weighted by molar-refractivity contribution is 6.08. The van der Waals surface area contributed by atoms with E-state index in [0.29, 0.717) is 17.2 Å². The summed E-state index contributed by atoms with van der Waals surface area (Å²) in [6.45, 7) is 4.02. The Morgan fingerprint density at radius 2 is 1.71 bits per heavy atom. The number of hydrogen-bond donors (Lipinski definition) is 2. The van der Waals surface area contributed by atoms with Crippen molar-refractivity contribution in [1.82, 2.24) is 0 Å². The number of aryl methyl sites for hydroxylation is 2. The van der Waals surface area contributed by atoms with Crippen LogP contribution in [0.2, 0.25) is 0 Å². The molecule has 124 valence electrons. The first-order valence-corrected chi connectivity index (χ1v) is 7.58. The average Bonchev–Trinajstić information content (AvgIpc) is 2.98. The minimum Gasteiger partial charge on any atom is -0.454 e. The minimum atomic E-state index is -0.392. The second kappa shape index (κ2) is 6.62. The van der Waals surface area contributed by atoms with Crippen LogP contribution in [-0.4, -0.2) is 18.6 Å². The van der Waals surface area contributed by atoms with E-state index in [2.05, 4.69) is 10.6 Å². The third-order valence-corrected chi connectivity index (χ3v) is 3.64. The number of carbonyl (C=O) groups excluding carboxylic acids is 2. The van der Waals surface area contributed by atoms with E-state index in [4.69, 9.17) is 9.47 Å². The zero-order valence-electron chi connectivity index (χ0n) is 13.5. The fourth-order valence-corrected chi connectivity index (χ4v) is 2.39. The van der Waals surface area contributed by atoms with Crippen molar-refractivity contribution in [3.63, 3.8) is 0 Å². The lowest BCUT2D eigenvalue weighted by Crippen LogP contribution is -2.21. The van der Waals surface area contributed by atoms with E-state index < -0.39 is 5.91 Å². The molecule has 2 N–H and O–H groups in total. The highest BCUT2D eigenvalue weighted by atomic mass is 16.7. The molecule has 0 spiro atoms. The van der Waals surface area contributed by atoms with Gasteiger partial charge in [0.05, 0.1) is 0 Å². The smallest absolute Gasteiger partial charge is 0.233 e. The van der Waals surface area contributed by atoms with Gasteiger partial charge in [0.1, 0.15) is 6.42 Å². The monoisotopic (exact) mass is 326 g/mol. The number of amides is 2. The van der Waals surface area contributed by atoms with E-state index in [0.717, 1.165) is 16.8 Å². The molecule has 6 nitrogen and oxygen atoms in total. The van der Waals surface area contributed by atoms with Crippen molar-refractivity contribution < 1.29 is 19.1 Å². The molecule has 0 aromatic heterocycles. The van der Waals surface area contributed by atoms with E-state index in [1.54, 1.807) is 18.2 Å². The summed E-state index contributed by atoms with van der Waals surface area (Å²) >= 11 is 0. The molecule has 0 bridgehead atoms. The van der Waals surface area contributed by atoms with Gasteiger partial charge in [0.15, 0.2) is 11.5 Å². The van der Waals surface area contributed by atoms with Gasteiger partial charge in [-0.05, 0) is 43.2 Å². The van der Waals surface area contributed by atoms with Crippen molar-refractivity contribution in [3.8, 4) is 11.5 Å². The van der Waals surface area contributed by atoms with Gasteiger partial charge in [-0.2, -0.15) is 0 Å². The Bertz CT molecular complexity index is 802. The van der Waals surface area contributed by atoms with Crippen molar-refractivity contribution in [2.24, 2.45) is 0 Å². The molecule has 2 amide bonds. The standard InChI is InChI=1S/C18H18N2O4/c1-11-3-4-12(2)14(7-11)20-18(22)9-17(21)19-13-5-6-15-16(8-13)24-10-23-15/h3-8H,9-10H2,1-2H3,(H,19,21)(H,20,22). The van der Waals surface area contributed by atoms with Crippen molar-refractivity contribution in [2.75, 3.05) is 17.4 Å². The summed E-state index contributed by atoms with van der Waals surface area (Å²) in [6, 6.07) is 10.9. The molecule has 24 heavy (non-hydrogen) atoms. The van der Waals surface area contributed by atoms with Crippen molar-refractivity contribution >= 4 is 23.2 Å². The lowest BCUT2D eigenvalue weighted by molar-refractivity contribution is -0.123. The van der Waals surface area contributed by atoms with Crippen LogP contribution in [0.15, 0.2) is 36.4 Å². The molecule has 3 rings (SSSR count). The predicted octanol–water partition coefficient (Wildman–Crippen LogP) is 3.00. The van der Waals surface area contributed by atoms with Gasteiger partial charge < -0.3 is 20.1 Å². The SMILES string of the molecule is Cc1ccc(C)c(NC(=O)CC(=O)Nc2ccc3c(c2)OCO3)c1. The van der Waals surface area contributed by atoms with Crippen molar-refractivity contribution in [2.45, 2.75) is 20.3 Å². The molecule has 6 heteroatoms. The number of benzene rings is 2. The highest BCUT2D eigenvalue weighted by Gasteiger charge is 2.15. The van der Waals surface area contributed by atoms with Gasteiger partial charge in [-0.25, -0.2) is 0 Å². The predicted molar refractivity (Wildman–Crippen MR) is 90.4 cm³/mol. The van der Waals surface area contributed by atoms with Crippen molar-refractivity contribution in [1.29, 1.82) is 0 Å². The second-order valence-electron chi connectivity index (χ2n) is 5.66. The lowest BCUT2D eigenvalue weighted by Gasteiger charge is -2.10. The largest absolute Gasteiger partial charge is 0.454 e. The number of anilines is 2. The molecule has 0 atom stereocenters. The van der Waals surface area contributed by atoms with Crippen LogP contribution in [0.25, 0.3) is 0 Å². The van der Waals surface area contributed by atoms with Crippen LogP contribution in [0.4, 0.5) is 11.4 Å². The summed E-state index contributed by atoms with van der Waals surface area (Å²) in [5.74, 6) is 0.465. The van der Waals surface area contributed by atoms with Gasteiger partial charge in [-0.15, -0.1) is 0 Å². The summed E-state index contributed by atoms with van der Waals surface area (Å²) in [5.41, 5.74) is 3.27. The zero-order chi connectivity index (χ0) is 17.1. The number of rotatable bonds is 4. The molecule has 1 aliphatic heterocycles. The van der Waals surface area contributed by atoms with Crippen LogP contribution in [0, 0.1) is 13.8 Å². The quantitative estimate of drug-likeness (QED) is 0.847. The first-order chi connectivity index (χ1) is 11.5. The van der Waals surface area contributed by atoms with Crippen LogP contribution in [-0.2, 0) is 9.59 Å². The maximum atomic E-state index is 12.0. The highest BCUT2D eigenvalue weighted by Crippen LogP contribution is 2.34. The average molecular weight is 326 g/mol. The topological polar surface area (TPSA) is 76.7 Å². The Labute approximate surface area is 139 Å². The van der Waals surface area contributed by atoms with Gasteiger partial charge in [0, 0.05) is 17.4 Å². The van der Waals surface area contributed by atoms with E-state index >= 15 is 0 Å². The van der Waals surface area contributed by atoms with Gasteiger partial charge in [0.2, 0.25) is 18.6 Å². The molecule has 0 unspecified atom stereocenters. The van der Waals surface area contributed by atoms with Crippen LogP contribution in [0.1, 0.15) is 17.5 Å². The molecule has 1 heterocycles. The number of hydrogen-bond acceptors (Lipinski definition) is 4. The van der Waals surface area contributed by atoms with Gasteiger partial charge >= 0.3 is 0 Å². The summed E-state index contributed by atoms with van der Waals surface area (Å²) < 4.78 is 10.5. The van der Waals surface area contributed by atoms with Crippen LogP contribution in [0.3, 0.4) is 0 Å². The van der Waals surface area contributed by atoms with E-state index in [1.165, 1.54) is 0 Å². The van der Waals surface area contributed by atoms with E-state index in [-0.39, 0.29) is 19.1 Å². The van der Waals surface area contributed by atoms with Gasteiger partial charge in [-0.1, -0.05) is 12.1 Å². The molecule has 1 aliphatic rings. The summed E-state index contributed by atoms with van der Waals surface area (Å²) in [6.07, 6.45) is -0.262.